The molecule has 0 radical (unpaired) electrons. The second-order valence-electron chi connectivity index (χ2n) is 3.17. The molecule has 0 heterocycles. The van der Waals surface area contributed by atoms with Crippen LogP contribution in [0.3, 0.4) is 0 Å². The molecule has 2 aliphatic carbocycles. The molecule has 1 heteroatoms. The molecular weight excluding hydrogens is 120 g/mol. The SMILES string of the molecule is ClC1CC2CCC2C1. The Morgan fingerprint density at radius 3 is 1.75 bits per heavy atom. The first-order valence-electron chi connectivity index (χ1n) is 3.50. The van der Waals surface area contributed by atoms with Crippen molar-refractivity contribution < 1.29 is 0 Å². The van der Waals surface area contributed by atoms with Gasteiger partial charge in [-0.25, -0.2) is 0 Å². The van der Waals surface area contributed by atoms with Crippen LogP contribution in [-0.4, -0.2) is 5.38 Å². The Kier molecular flexibility index (Phi) is 1.04. The van der Waals surface area contributed by atoms with Crippen molar-refractivity contribution in [3.05, 3.63) is 0 Å². The molecule has 0 aromatic heterocycles. The lowest BCUT2D eigenvalue weighted by Crippen LogP contribution is -2.18. The van der Waals surface area contributed by atoms with Crippen molar-refractivity contribution >= 4 is 11.6 Å². The van der Waals surface area contributed by atoms with Crippen LogP contribution in [0.4, 0.5) is 0 Å². The fraction of sp³-hybridized carbons (Fsp3) is 1.00. The van der Waals surface area contributed by atoms with E-state index >= 15 is 0 Å². The van der Waals surface area contributed by atoms with Gasteiger partial charge in [0.25, 0.3) is 0 Å². The summed E-state index contributed by atoms with van der Waals surface area (Å²) in [5.74, 6) is 2.08. The number of hydrogen-bond acceptors (Lipinski definition) is 0. The van der Waals surface area contributed by atoms with Crippen molar-refractivity contribution in [1.29, 1.82) is 0 Å². The third-order valence-electron chi connectivity index (χ3n) is 2.69. The number of halogens is 1. The minimum absolute atomic E-state index is 0.535. The van der Waals surface area contributed by atoms with Crippen LogP contribution in [0, 0.1) is 11.8 Å². The van der Waals surface area contributed by atoms with E-state index in [1.807, 2.05) is 0 Å². The van der Waals surface area contributed by atoms with Crippen molar-refractivity contribution in [1.82, 2.24) is 0 Å². The highest BCUT2D eigenvalue weighted by Gasteiger charge is 2.39. The Hall–Kier alpha value is 0.290. The smallest absolute Gasteiger partial charge is 0.0341 e. The lowest BCUT2D eigenvalue weighted by Gasteiger charge is -2.29. The summed E-state index contributed by atoms with van der Waals surface area (Å²) in [6, 6.07) is 0. The summed E-state index contributed by atoms with van der Waals surface area (Å²) in [6.45, 7) is 0. The number of fused-ring (bicyclic) bond motifs is 1. The van der Waals surface area contributed by atoms with Crippen molar-refractivity contribution in [3.63, 3.8) is 0 Å². The molecule has 2 fully saturated rings. The minimum Gasteiger partial charge on any atom is -0.123 e. The largest absolute Gasteiger partial charge is 0.123 e. The van der Waals surface area contributed by atoms with Crippen LogP contribution in [0.25, 0.3) is 0 Å². The zero-order chi connectivity index (χ0) is 5.56. The third kappa shape index (κ3) is 0.589. The second-order valence-corrected chi connectivity index (χ2v) is 3.78. The molecule has 0 aromatic rings. The highest BCUT2D eigenvalue weighted by Crippen LogP contribution is 2.48. The lowest BCUT2D eigenvalue weighted by atomic mass is 9.77. The van der Waals surface area contributed by atoms with Crippen LogP contribution in [0.5, 0.6) is 0 Å². The molecule has 46 valence electrons. The number of rotatable bonds is 0. The second kappa shape index (κ2) is 1.63. The molecule has 0 bridgehead atoms. The molecule has 2 rings (SSSR count). The quantitative estimate of drug-likeness (QED) is 0.442. The summed E-state index contributed by atoms with van der Waals surface area (Å²) in [6.07, 6.45) is 5.56. The van der Waals surface area contributed by atoms with Gasteiger partial charge in [-0.1, -0.05) is 0 Å². The Morgan fingerprint density at radius 2 is 1.50 bits per heavy atom. The van der Waals surface area contributed by atoms with E-state index in [1.165, 1.54) is 25.7 Å². The van der Waals surface area contributed by atoms with Gasteiger partial charge in [-0.15, -0.1) is 11.6 Å². The van der Waals surface area contributed by atoms with Gasteiger partial charge in [0.05, 0.1) is 0 Å². The molecule has 0 saturated heterocycles. The summed E-state index contributed by atoms with van der Waals surface area (Å²) < 4.78 is 0. The Morgan fingerprint density at radius 1 is 1.00 bits per heavy atom. The molecule has 2 atom stereocenters. The first kappa shape index (κ1) is 5.10. The zero-order valence-corrected chi connectivity index (χ0v) is 5.69. The van der Waals surface area contributed by atoms with Crippen molar-refractivity contribution in [3.8, 4) is 0 Å². The number of hydrogen-bond donors (Lipinski definition) is 0. The maximum atomic E-state index is 5.94. The van der Waals surface area contributed by atoms with E-state index in [4.69, 9.17) is 11.6 Å². The topological polar surface area (TPSA) is 0 Å². The molecule has 2 unspecified atom stereocenters. The van der Waals surface area contributed by atoms with Gasteiger partial charge in [-0.2, -0.15) is 0 Å². The molecule has 8 heavy (non-hydrogen) atoms. The van der Waals surface area contributed by atoms with E-state index in [2.05, 4.69) is 0 Å². The highest BCUT2D eigenvalue weighted by atomic mass is 35.5. The van der Waals surface area contributed by atoms with Gasteiger partial charge in [0, 0.05) is 5.38 Å². The van der Waals surface area contributed by atoms with Crippen molar-refractivity contribution in [2.45, 2.75) is 31.1 Å². The van der Waals surface area contributed by atoms with Crippen molar-refractivity contribution in [2.75, 3.05) is 0 Å². The van der Waals surface area contributed by atoms with Gasteiger partial charge in [0.1, 0.15) is 0 Å². The van der Waals surface area contributed by atoms with Gasteiger partial charge in [0.15, 0.2) is 0 Å². The van der Waals surface area contributed by atoms with E-state index in [0.717, 1.165) is 11.8 Å². The van der Waals surface area contributed by atoms with E-state index in [1.54, 1.807) is 0 Å². The monoisotopic (exact) mass is 130 g/mol. The van der Waals surface area contributed by atoms with Crippen LogP contribution in [-0.2, 0) is 0 Å². The van der Waals surface area contributed by atoms with Gasteiger partial charge < -0.3 is 0 Å². The van der Waals surface area contributed by atoms with Crippen LogP contribution in [0.2, 0.25) is 0 Å². The molecule has 0 N–H and O–H groups in total. The van der Waals surface area contributed by atoms with Crippen molar-refractivity contribution in [2.24, 2.45) is 11.8 Å². The summed E-state index contributed by atoms with van der Waals surface area (Å²) in [7, 11) is 0. The Labute approximate surface area is 55.2 Å². The van der Waals surface area contributed by atoms with Gasteiger partial charge in [0.2, 0.25) is 0 Å². The van der Waals surface area contributed by atoms with E-state index in [0.29, 0.717) is 5.38 Å². The minimum atomic E-state index is 0.535. The zero-order valence-electron chi connectivity index (χ0n) is 4.94. The Bertz CT molecular complexity index is 88.6. The lowest BCUT2D eigenvalue weighted by molar-refractivity contribution is 0.219. The fourth-order valence-corrected chi connectivity index (χ4v) is 2.47. The normalized spacial score (nSPS) is 52.9. The predicted octanol–water partition coefficient (Wildman–Crippen LogP) is 2.41. The third-order valence-corrected chi connectivity index (χ3v) is 3.05. The molecule has 0 amide bonds. The Balaban J connectivity index is 2.00. The van der Waals surface area contributed by atoms with E-state index in [9.17, 15) is 0 Å². The maximum absolute atomic E-state index is 5.94. The predicted molar refractivity (Wildman–Crippen MR) is 35.1 cm³/mol. The maximum Gasteiger partial charge on any atom is 0.0341 e. The molecule has 0 aromatic carbocycles. The van der Waals surface area contributed by atoms with Gasteiger partial charge in [-0.3, -0.25) is 0 Å². The van der Waals surface area contributed by atoms with E-state index < -0.39 is 0 Å². The van der Waals surface area contributed by atoms with Crippen LogP contribution in [0.15, 0.2) is 0 Å². The summed E-state index contributed by atoms with van der Waals surface area (Å²) in [4.78, 5) is 0. The first-order chi connectivity index (χ1) is 3.86. The van der Waals surface area contributed by atoms with E-state index in [-0.39, 0.29) is 0 Å². The van der Waals surface area contributed by atoms with Crippen LogP contribution in [0.1, 0.15) is 25.7 Å². The average molecular weight is 131 g/mol. The van der Waals surface area contributed by atoms with Gasteiger partial charge >= 0.3 is 0 Å². The number of alkyl halides is 1. The molecule has 2 saturated carbocycles. The molecule has 0 nitrogen and oxygen atoms in total. The van der Waals surface area contributed by atoms with Gasteiger partial charge in [-0.05, 0) is 37.5 Å². The fourth-order valence-electron chi connectivity index (χ4n) is 2.01. The average Bonchev–Trinajstić information content (AvgIpc) is 1.91. The van der Waals surface area contributed by atoms with Crippen LogP contribution >= 0.6 is 11.6 Å². The summed E-state index contributed by atoms with van der Waals surface area (Å²) in [5, 5.41) is 0.535. The first-order valence-corrected chi connectivity index (χ1v) is 3.94. The molecule has 2 aliphatic rings. The standard InChI is InChI=1S/C7H11Cl/c8-7-3-5-1-2-6(5)4-7/h5-7H,1-4H2. The molecule has 0 aliphatic heterocycles. The molecular formula is C7H11Cl. The summed E-state index contributed by atoms with van der Waals surface area (Å²) >= 11 is 5.94. The summed E-state index contributed by atoms with van der Waals surface area (Å²) in [5.41, 5.74) is 0. The highest BCUT2D eigenvalue weighted by molar-refractivity contribution is 6.20. The van der Waals surface area contributed by atoms with Crippen LogP contribution < -0.4 is 0 Å². The molecule has 0 spiro atoms.